The second kappa shape index (κ2) is 3.97. The van der Waals surface area contributed by atoms with Crippen molar-refractivity contribution in [3.8, 4) is 0 Å². The zero-order valence-corrected chi connectivity index (χ0v) is 9.63. The fraction of sp³-hybridized carbons (Fsp3) is 1.00. The Balaban J connectivity index is 2.25. The molecule has 0 N–H and O–H groups in total. The molecule has 1 saturated heterocycles. The number of nitrogens with zero attached hydrogens (tertiary/aromatic N) is 1. The maximum Gasteiger partial charge on any atom is 0.0615 e. The Morgan fingerprint density at radius 3 is 2.31 bits per heavy atom. The molecular formula is C11H23NO. The Kier molecular flexibility index (Phi) is 3.36. The minimum Gasteiger partial charge on any atom is -0.383 e. The van der Waals surface area contributed by atoms with Gasteiger partial charge in [0.05, 0.1) is 6.61 Å². The zero-order valence-electron chi connectivity index (χ0n) is 9.63. The molecule has 78 valence electrons. The molecule has 0 radical (unpaired) electrons. The molecule has 0 saturated carbocycles. The summed E-state index contributed by atoms with van der Waals surface area (Å²) in [6, 6.07) is 0.587. The fourth-order valence-corrected chi connectivity index (χ4v) is 1.77. The summed E-state index contributed by atoms with van der Waals surface area (Å²) in [6.45, 7) is 12.6. The number of likely N-dealkylation sites (tertiary alicyclic amines) is 1. The van der Waals surface area contributed by atoms with Gasteiger partial charge < -0.3 is 4.74 Å². The largest absolute Gasteiger partial charge is 0.383 e. The first-order valence-electron chi connectivity index (χ1n) is 5.18. The summed E-state index contributed by atoms with van der Waals surface area (Å²) < 4.78 is 5.14. The second-order valence-electron chi connectivity index (χ2n) is 5.32. The topological polar surface area (TPSA) is 12.5 Å². The standard InChI is InChI=1S/C11H23NO/c1-9(8-13-5)12-6-10(7-12)11(2,3)4/h9-10H,6-8H2,1-5H3. The molecule has 1 atom stereocenters. The van der Waals surface area contributed by atoms with Crippen molar-refractivity contribution in [1.29, 1.82) is 0 Å². The Labute approximate surface area is 82.3 Å². The summed E-state index contributed by atoms with van der Waals surface area (Å²) in [4.78, 5) is 2.50. The highest BCUT2D eigenvalue weighted by Crippen LogP contribution is 2.34. The average Bonchev–Trinajstić information content (AvgIpc) is 1.79. The minimum atomic E-state index is 0.475. The number of rotatable bonds is 3. The molecule has 1 heterocycles. The molecule has 1 unspecified atom stereocenters. The van der Waals surface area contributed by atoms with Crippen LogP contribution in [0.25, 0.3) is 0 Å². The molecule has 0 aliphatic carbocycles. The van der Waals surface area contributed by atoms with Crippen LogP contribution in [-0.4, -0.2) is 37.7 Å². The molecule has 2 heteroatoms. The number of hydrogen-bond donors (Lipinski definition) is 0. The molecule has 13 heavy (non-hydrogen) atoms. The van der Waals surface area contributed by atoms with Crippen LogP contribution in [0.3, 0.4) is 0 Å². The van der Waals surface area contributed by atoms with Crippen molar-refractivity contribution < 1.29 is 4.74 Å². The first-order valence-corrected chi connectivity index (χ1v) is 5.18. The normalized spacial score (nSPS) is 22.8. The summed E-state index contributed by atoms with van der Waals surface area (Å²) in [5.41, 5.74) is 0.475. The van der Waals surface area contributed by atoms with Crippen molar-refractivity contribution in [2.45, 2.75) is 33.7 Å². The molecular weight excluding hydrogens is 162 g/mol. The van der Waals surface area contributed by atoms with Gasteiger partial charge in [-0.15, -0.1) is 0 Å². The van der Waals surface area contributed by atoms with E-state index in [9.17, 15) is 0 Å². The van der Waals surface area contributed by atoms with Gasteiger partial charge in [0.2, 0.25) is 0 Å². The van der Waals surface area contributed by atoms with Crippen molar-refractivity contribution in [3.05, 3.63) is 0 Å². The van der Waals surface area contributed by atoms with Gasteiger partial charge in [0.15, 0.2) is 0 Å². The lowest BCUT2D eigenvalue weighted by atomic mass is 9.75. The molecule has 1 aliphatic rings. The van der Waals surface area contributed by atoms with Crippen LogP contribution in [0.2, 0.25) is 0 Å². The SMILES string of the molecule is COCC(C)N1CC(C(C)(C)C)C1. The summed E-state index contributed by atoms with van der Waals surface area (Å²) in [7, 11) is 1.78. The average molecular weight is 185 g/mol. The van der Waals surface area contributed by atoms with Crippen LogP contribution < -0.4 is 0 Å². The molecule has 0 aromatic rings. The van der Waals surface area contributed by atoms with Crippen molar-refractivity contribution in [3.63, 3.8) is 0 Å². The Hall–Kier alpha value is -0.0800. The summed E-state index contributed by atoms with van der Waals surface area (Å²) in [5, 5.41) is 0. The monoisotopic (exact) mass is 185 g/mol. The fourth-order valence-electron chi connectivity index (χ4n) is 1.77. The Morgan fingerprint density at radius 2 is 1.92 bits per heavy atom. The lowest BCUT2D eigenvalue weighted by molar-refractivity contribution is -0.0237. The van der Waals surface area contributed by atoms with E-state index in [0.29, 0.717) is 11.5 Å². The molecule has 0 aromatic carbocycles. The van der Waals surface area contributed by atoms with Gasteiger partial charge >= 0.3 is 0 Å². The molecule has 1 fully saturated rings. The van der Waals surface area contributed by atoms with E-state index >= 15 is 0 Å². The van der Waals surface area contributed by atoms with Gasteiger partial charge in [-0.25, -0.2) is 0 Å². The van der Waals surface area contributed by atoms with Gasteiger partial charge in [0.25, 0.3) is 0 Å². The van der Waals surface area contributed by atoms with E-state index in [2.05, 4.69) is 32.6 Å². The van der Waals surface area contributed by atoms with Gasteiger partial charge in [-0.05, 0) is 18.3 Å². The number of methoxy groups -OCH3 is 1. The van der Waals surface area contributed by atoms with E-state index in [4.69, 9.17) is 4.74 Å². The van der Waals surface area contributed by atoms with E-state index in [-0.39, 0.29) is 0 Å². The third-order valence-electron chi connectivity index (χ3n) is 3.17. The molecule has 0 aromatic heterocycles. The van der Waals surface area contributed by atoms with Crippen LogP contribution in [0.5, 0.6) is 0 Å². The van der Waals surface area contributed by atoms with Gasteiger partial charge in [0, 0.05) is 26.2 Å². The van der Waals surface area contributed by atoms with Crippen LogP contribution in [-0.2, 0) is 4.74 Å². The van der Waals surface area contributed by atoms with Crippen molar-refractivity contribution in [1.82, 2.24) is 4.90 Å². The van der Waals surface area contributed by atoms with Gasteiger partial charge in [0.1, 0.15) is 0 Å². The predicted octanol–water partition coefficient (Wildman–Crippen LogP) is 2.00. The van der Waals surface area contributed by atoms with Crippen LogP contribution in [0.4, 0.5) is 0 Å². The van der Waals surface area contributed by atoms with Gasteiger partial charge in [-0.1, -0.05) is 20.8 Å². The molecule has 1 aliphatic heterocycles. The third-order valence-corrected chi connectivity index (χ3v) is 3.17. The molecule has 0 spiro atoms. The highest BCUT2D eigenvalue weighted by molar-refractivity contribution is 4.90. The first kappa shape index (κ1) is 11.0. The van der Waals surface area contributed by atoms with Crippen LogP contribution in [0, 0.1) is 11.3 Å². The zero-order chi connectivity index (χ0) is 10.1. The molecule has 0 amide bonds. The highest BCUT2D eigenvalue weighted by Gasteiger charge is 2.37. The lowest BCUT2D eigenvalue weighted by Crippen LogP contribution is -2.56. The third kappa shape index (κ3) is 2.68. The number of hydrogen-bond acceptors (Lipinski definition) is 2. The summed E-state index contributed by atoms with van der Waals surface area (Å²) in [6.07, 6.45) is 0. The Morgan fingerprint density at radius 1 is 1.38 bits per heavy atom. The molecule has 0 bridgehead atoms. The highest BCUT2D eigenvalue weighted by atomic mass is 16.5. The van der Waals surface area contributed by atoms with Gasteiger partial charge in [-0.2, -0.15) is 0 Å². The minimum absolute atomic E-state index is 0.475. The van der Waals surface area contributed by atoms with E-state index in [0.717, 1.165) is 12.5 Å². The Bertz CT molecular complexity index is 156. The van der Waals surface area contributed by atoms with Crippen LogP contribution in [0.15, 0.2) is 0 Å². The van der Waals surface area contributed by atoms with Crippen molar-refractivity contribution in [2.24, 2.45) is 11.3 Å². The van der Waals surface area contributed by atoms with E-state index in [1.54, 1.807) is 7.11 Å². The summed E-state index contributed by atoms with van der Waals surface area (Å²) >= 11 is 0. The van der Waals surface area contributed by atoms with Crippen LogP contribution in [0.1, 0.15) is 27.7 Å². The molecule has 1 rings (SSSR count). The first-order chi connectivity index (χ1) is 5.95. The quantitative estimate of drug-likeness (QED) is 0.667. The number of ether oxygens (including phenoxy) is 1. The summed E-state index contributed by atoms with van der Waals surface area (Å²) in [5.74, 6) is 0.867. The van der Waals surface area contributed by atoms with E-state index in [1.807, 2.05) is 0 Å². The predicted molar refractivity (Wildman–Crippen MR) is 55.9 cm³/mol. The maximum absolute atomic E-state index is 5.14. The van der Waals surface area contributed by atoms with Crippen molar-refractivity contribution in [2.75, 3.05) is 26.8 Å². The lowest BCUT2D eigenvalue weighted by Gasteiger charge is -2.48. The van der Waals surface area contributed by atoms with Crippen LogP contribution >= 0.6 is 0 Å². The molecule has 2 nitrogen and oxygen atoms in total. The smallest absolute Gasteiger partial charge is 0.0615 e. The van der Waals surface area contributed by atoms with Crippen molar-refractivity contribution >= 4 is 0 Å². The maximum atomic E-state index is 5.14. The van der Waals surface area contributed by atoms with Gasteiger partial charge in [-0.3, -0.25) is 4.90 Å². The van der Waals surface area contributed by atoms with E-state index < -0.39 is 0 Å². The van der Waals surface area contributed by atoms with E-state index in [1.165, 1.54) is 13.1 Å². The second-order valence-corrected chi connectivity index (χ2v) is 5.32.